The van der Waals surface area contributed by atoms with Crippen molar-refractivity contribution in [3.63, 3.8) is 0 Å². The average molecular weight is 441 g/mol. The zero-order chi connectivity index (χ0) is 21.2. The molecule has 1 unspecified atom stereocenters. The number of fused-ring (bicyclic) bond motifs is 1. The SMILES string of the molecule is COc1ccc(Cc2nn(CN3CCCC3c3nnc4n3CCCCC4)c(=S)o2)cc1. The molecule has 2 aliphatic rings. The van der Waals surface area contributed by atoms with Crippen molar-refractivity contribution in [2.75, 3.05) is 13.7 Å². The monoisotopic (exact) mass is 440 g/mol. The number of nitrogens with zero attached hydrogens (tertiary/aromatic N) is 6. The van der Waals surface area contributed by atoms with Crippen molar-refractivity contribution >= 4 is 12.2 Å². The summed E-state index contributed by atoms with van der Waals surface area (Å²) in [6.07, 6.45) is 7.52. The third-order valence-electron chi connectivity index (χ3n) is 6.28. The normalized spacial score (nSPS) is 19.3. The molecule has 0 spiro atoms. The third-order valence-corrected chi connectivity index (χ3v) is 6.57. The van der Waals surface area contributed by atoms with E-state index in [1.54, 1.807) is 11.8 Å². The maximum absolute atomic E-state index is 5.79. The van der Waals surface area contributed by atoms with E-state index in [-0.39, 0.29) is 6.04 Å². The highest BCUT2D eigenvalue weighted by Gasteiger charge is 2.32. The number of hydrogen-bond acceptors (Lipinski definition) is 7. The van der Waals surface area contributed by atoms with Crippen LogP contribution in [0.1, 0.15) is 61.2 Å². The van der Waals surface area contributed by atoms with Crippen LogP contribution in [0.5, 0.6) is 5.75 Å². The van der Waals surface area contributed by atoms with Crippen LogP contribution < -0.4 is 4.74 Å². The summed E-state index contributed by atoms with van der Waals surface area (Å²) in [6, 6.07) is 8.17. The quantitative estimate of drug-likeness (QED) is 0.538. The smallest absolute Gasteiger partial charge is 0.288 e. The molecule has 0 aliphatic carbocycles. The minimum absolute atomic E-state index is 0.253. The predicted octanol–water partition coefficient (Wildman–Crippen LogP) is 3.92. The molecule has 0 saturated carbocycles. The molecule has 2 aliphatic heterocycles. The van der Waals surface area contributed by atoms with Crippen LogP contribution >= 0.6 is 12.2 Å². The lowest BCUT2D eigenvalue weighted by Crippen LogP contribution is -2.29. The van der Waals surface area contributed by atoms with Gasteiger partial charge in [0.1, 0.15) is 17.4 Å². The van der Waals surface area contributed by atoms with Gasteiger partial charge in [0.2, 0.25) is 5.89 Å². The molecule has 0 bridgehead atoms. The average Bonchev–Trinajstić information content (AvgIpc) is 3.44. The second-order valence-corrected chi connectivity index (χ2v) is 8.68. The molecule has 9 heteroatoms. The van der Waals surface area contributed by atoms with Gasteiger partial charge in [0.05, 0.1) is 26.2 Å². The zero-order valence-electron chi connectivity index (χ0n) is 17.9. The van der Waals surface area contributed by atoms with E-state index < -0.39 is 0 Å². The summed E-state index contributed by atoms with van der Waals surface area (Å²) in [6.45, 7) is 2.63. The first-order valence-corrected chi connectivity index (χ1v) is 11.5. The van der Waals surface area contributed by atoms with E-state index in [1.165, 1.54) is 19.3 Å². The minimum atomic E-state index is 0.253. The van der Waals surface area contributed by atoms with Gasteiger partial charge < -0.3 is 13.7 Å². The molecule has 1 fully saturated rings. The Labute approximate surface area is 186 Å². The van der Waals surface area contributed by atoms with Crippen LogP contribution in [0.15, 0.2) is 28.7 Å². The minimum Gasteiger partial charge on any atom is -0.497 e. The van der Waals surface area contributed by atoms with Gasteiger partial charge in [-0.3, -0.25) is 4.90 Å². The van der Waals surface area contributed by atoms with Gasteiger partial charge in [0, 0.05) is 19.5 Å². The van der Waals surface area contributed by atoms with Gasteiger partial charge in [-0.15, -0.1) is 15.3 Å². The van der Waals surface area contributed by atoms with Gasteiger partial charge >= 0.3 is 0 Å². The first-order chi connectivity index (χ1) is 15.2. The van der Waals surface area contributed by atoms with Gasteiger partial charge in [-0.05, 0) is 55.6 Å². The summed E-state index contributed by atoms with van der Waals surface area (Å²) in [5, 5.41) is 13.8. The second kappa shape index (κ2) is 8.92. The van der Waals surface area contributed by atoms with E-state index in [4.69, 9.17) is 21.4 Å². The van der Waals surface area contributed by atoms with Crippen LogP contribution in [0, 0.1) is 4.84 Å². The second-order valence-electron chi connectivity index (χ2n) is 8.33. The molecule has 1 saturated heterocycles. The summed E-state index contributed by atoms with van der Waals surface area (Å²) in [7, 11) is 1.66. The summed E-state index contributed by atoms with van der Waals surface area (Å²) in [5.74, 6) is 3.70. The van der Waals surface area contributed by atoms with E-state index in [1.807, 2.05) is 24.3 Å². The van der Waals surface area contributed by atoms with Crippen molar-refractivity contribution < 1.29 is 9.15 Å². The Morgan fingerprint density at radius 2 is 1.97 bits per heavy atom. The molecule has 0 N–H and O–H groups in total. The molecule has 31 heavy (non-hydrogen) atoms. The van der Waals surface area contributed by atoms with Crippen molar-refractivity contribution in [2.24, 2.45) is 0 Å². The van der Waals surface area contributed by atoms with E-state index >= 15 is 0 Å². The van der Waals surface area contributed by atoms with Crippen LogP contribution in [-0.2, 0) is 26.1 Å². The Kier molecular flexibility index (Phi) is 5.87. The number of benzene rings is 1. The molecule has 0 radical (unpaired) electrons. The van der Waals surface area contributed by atoms with Gasteiger partial charge in [-0.25, -0.2) is 4.68 Å². The first-order valence-electron chi connectivity index (χ1n) is 11.1. The zero-order valence-corrected chi connectivity index (χ0v) is 18.7. The highest BCUT2D eigenvalue weighted by atomic mass is 32.1. The Morgan fingerprint density at radius 3 is 2.81 bits per heavy atom. The van der Waals surface area contributed by atoms with Gasteiger partial charge in [-0.2, -0.15) is 0 Å². The highest BCUT2D eigenvalue weighted by Crippen LogP contribution is 2.32. The summed E-state index contributed by atoms with van der Waals surface area (Å²) in [5.41, 5.74) is 1.11. The summed E-state index contributed by atoms with van der Waals surface area (Å²) in [4.78, 5) is 2.81. The predicted molar refractivity (Wildman–Crippen MR) is 117 cm³/mol. The van der Waals surface area contributed by atoms with Crippen molar-refractivity contribution in [1.82, 2.24) is 29.4 Å². The number of methoxy groups -OCH3 is 1. The number of aryl methyl sites for hydroxylation is 1. The molecule has 0 amide bonds. The van der Waals surface area contributed by atoms with E-state index in [9.17, 15) is 0 Å². The Balaban J connectivity index is 1.31. The molecule has 2 aromatic heterocycles. The number of aromatic nitrogens is 5. The molecule has 1 atom stereocenters. The summed E-state index contributed by atoms with van der Waals surface area (Å²) >= 11 is 5.47. The lowest BCUT2D eigenvalue weighted by Gasteiger charge is -2.23. The van der Waals surface area contributed by atoms with Crippen molar-refractivity contribution in [1.29, 1.82) is 0 Å². The van der Waals surface area contributed by atoms with Crippen LogP contribution in [-0.4, -0.2) is 43.1 Å². The molecule has 164 valence electrons. The van der Waals surface area contributed by atoms with Crippen molar-refractivity contribution in [3.05, 3.63) is 52.2 Å². The third kappa shape index (κ3) is 4.29. The van der Waals surface area contributed by atoms with Crippen molar-refractivity contribution in [2.45, 2.75) is 64.2 Å². The van der Waals surface area contributed by atoms with E-state index in [0.29, 0.717) is 23.8 Å². The number of rotatable bonds is 6. The lowest BCUT2D eigenvalue weighted by molar-refractivity contribution is 0.178. The fourth-order valence-corrected chi connectivity index (χ4v) is 4.84. The van der Waals surface area contributed by atoms with Crippen LogP contribution in [0.2, 0.25) is 0 Å². The summed E-state index contributed by atoms with van der Waals surface area (Å²) < 4.78 is 15.2. The Morgan fingerprint density at radius 1 is 1.10 bits per heavy atom. The molecular formula is C22H28N6O2S. The van der Waals surface area contributed by atoms with Crippen LogP contribution in [0.3, 0.4) is 0 Å². The maximum atomic E-state index is 5.79. The molecule has 8 nitrogen and oxygen atoms in total. The fourth-order valence-electron chi connectivity index (χ4n) is 4.64. The number of hydrogen-bond donors (Lipinski definition) is 0. The van der Waals surface area contributed by atoms with E-state index in [0.717, 1.165) is 55.3 Å². The topological polar surface area (TPSA) is 74.1 Å². The standard InChI is InChI=1S/C22H28N6O2S/c1-29-17-10-8-16(9-11-17)14-20-25-28(22(31)30-20)15-26-12-5-6-18(26)21-24-23-19-7-3-2-4-13-27(19)21/h8-11,18H,2-7,12-15H2,1H3. The largest absolute Gasteiger partial charge is 0.497 e. The highest BCUT2D eigenvalue weighted by molar-refractivity contribution is 7.71. The molecule has 4 heterocycles. The van der Waals surface area contributed by atoms with Gasteiger partial charge in [0.25, 0.3) is 4.84 Å². The molecule has 3 aromatic rings. The fraction of sp³-hybridized carbons (Fsp3) is 0.545. The van der Waals surface area contributed by atoms with Crippen LogP contribution in [0.25, 0.3) is 0 Å². The van der Waals surface area contributed by atoms with Crippen LogP contribution in [0.4, 0.5) is 0 Å². The lowest BCUT2D eigenvalue weighted by atomic mass is 10.1. The first kappa shape index (κ1) is 20.4. The Bertz CT molecular complexity index is 1090. The Hall–Kier alpha value is -2.52. The number of likely N-dealkylation sites (tertiary alicyclic amines) is 1. The molecule has 1 aromatic carbocycles. The van der Waals surface area contributed by atoms with E-state index in [2.05, 4.69) is 24.8 Å². The van der Waals surface area contributed by atoms with Gasteiger partial charge in [0.15, 0.2) is 0 Å². The maximum Gasteiger partial charge on any atom is 0.288 e. The number of ether oxygens (including phenoxy) is 1. The molecular weight excluding hydrogens is 412 g/mol. The van der Waals surface area contributed by atoms with Crippen molar-refractivity contribution in [3.8, 4) is 5.75 Å². The molecule has 5 rings (SSSR count). The van der Waals surface area contributed by atoms with Gasteiger partial charge in [-0.1, -0.05) is 18.6 Å².